The Morgan fingerprint density at radius 1 is 1.89 bits per heavy atom. The van der Waals surface area contributed by atoms with Crippen LogP contribution in [0.1, 0.15) is 31.9 Å². The Morgan fingerprint density at radius 2 is 2.56 bits per heavy atom. The molecule has 2 N–H and O–H groups in total. The van der Waals surface area contributed by atoms with Crippen LogP contribution in [0.25, 0.3) is 0 Å². The van der Waals surface area contributed by atoms with Gasteiger partial charge in [0.1, 0.15) is 0 Å². The van der Waals surface area contributed by atoms with Gasteiger partial charge in [0.05, 0.1) is 9.30 Å². The van der Waals surface area contributed by atoms with E-state index < -0.39 is 34.0 Å². The van der Waals surface area contributed by atoms with Crippen molar-refractivity contribution < 1.29 is 31.2 Å². The van der Waals surface area contributed by atoms with Crippen LogP contribution in [-0.4, -0.2) is 16.3 Å². The molecule has 0 aliphatic carbocycles. The van der Waals surface area contributed by atoms with E-state index in [-0.39, 0.29) is 0 Å². The first-order valence-corrected chi connectivity index (χ1v) is 3.25. The van der Waals surface area contributed by atoms with Gasteiger partial charge in [-0.25, -0.2) is 4.57 Å². The molecule has 4 nitrogen and oxygen atoms in total. The summed E-state index contributed by atoms with van der Waals surface area (Å²) in [7, 11) is -5.47. The Balaban J connectivity index is 5.57. The summed E-state index contributed by atoms with van der Waals surface area (Å²) in [5, 5.41) is 0. The molecular weight excluding hydrogens is 143 g/mol. The molecule has 0 amide bonds. The minimum absolute atomic E-state index is 3.51. The first-order chi connectivity index (χ1) is 7.46. The van der Waals surface area contributed by atoms with Crippen LogP contribution in [0, 0.1) is 0 Å². The molecule has 0 radical (unpaired) electrons. The standard InChI is InChI=1S/C4H11O4P/c1-2-3-4-8-9(5,6)7/h2-4H2,1H3,(H2,5,6,7)/i1D3,2D2,3D2,4D2. The van der Waals surface area contributed by atoms with Crippen molar-refractivity contribution in [3.8, 4) is 0 Å². The fourth-order valence-electron chi connectivity index (χ4n) is 0.108. The number of hydrogen-bond acceptors (Lipinski definition) is 2. The fourth-order valence-corrected chi connectivity index (χ4v) is 0.272. The van der Waals surface area contributed by atoms with Crippen molar-refractivity contribution in [1.29, 1.82) is 0 Å². The van der Waals surface area contributed by atoms with E-state index in [1.807, 2.05) is 0 Å². The topological polar surface area (TPSA) is 66.8 Å². The minimum atomic E-state index is -5.47. The van der Waals surface area contributed by atoms with E-state index in [9.17, 15) is 4.57 Å². The fraction of sp³-hybridized carbons (Fsp3) is 1.00. The van der Waals surface area contributed by atoms with Gasteiger partial charge in [0.2, 0.25) is 0 Å². The molecule has 0 saturated heterocycles. The van der Waals surface area contributed by atoms with Gasteiger partial charge >= 0.3 is 7.82 Å². The molecule has 0 fully saturated rings. The summed E-state index contributed by atoms with van der Waals surface area (Å²) in [5.41, 5.74) is 0. The number of phosphoric acid groups is 1. The lowest BCUT2D eigenvalue weighted by Crippen LogP contribution is -1.90. The van der Waals surface area contributed by atoms with Crippen molar-refractivity contribution >= 4 is 7.82 Å². The predicted molar refractivity (Wildman–Crippen MR) is 32.9 cm³/mol. The van der Waals surface area contributed by atoms with Crippen molar-refractivity contribution in [1.82, 2.24) is 0 Å². The largest absolute Gasteiger partial charge is 0.469 e. The van der Waals surface area contributed by atoms with Crippen LogP contribution in [0.2, 0.25) is 0 Å². The SMILES string of the molecule is [2H]C([2H])([2H])C([2H])([2H])C([2H])([2H])C([2H])([2H])OP(=O)(O)O. The molecule has 0 aromatic carbocycles. The second-order valence-electron chi connectivity index (χ2n) is 0.934. The number of hydrogen-bond donors (Lipinski definition) is 2. The summed E-state index contributed by atoms with van der Waals surface area (Å²) in [6, 6.07) is 0. The third kappa shape index (κ3) is 8.11. The van der Waals surface area contributed by atoms with E-state index in [0.717, 1.165) is 0 Å². The molecular formula is C4H11O4P. The van der Waals surface area contributed by atoms with Crippen LogP contribution in [0.3, 0.4) is 0 Å². The van der Waals surface area contributed by atoms with E-state index >= 15 is 0 Å². The van der Waals surface area contributed by atoms with Gasteiger partial charge in [-0.2, -0.15) is 0 Å². The summed E-state index contributed by atoms with van der Waals surface area (Å²) in [6.45, 7) is -7.40. The number of rotatable bonds is 4. The van der Waals surface area contributed by atoms with E-state index in [1.165, 1.54) is 0 Å². The Labute approximate surface area is 66.7 Å². The monoisotopic (exact) mass is 163 g/mol. The van der Waals surface area contributed by atoms with Gasteiger partial charge in [-0.1, -0.05) is 13.2 Å². The van der Waals surface area contributed by atoms with Crippen LogP contribution < -0.4 is 0 Å². The molecule has 9 heavy (non-hydrogen) atoms. The highest BCUT2D eigenvalue weighted by Gasteiger charge is 2.11. The second-order valence-corrected chi connectivity index (χ2v) is 2.10. The van der Waals surface area contributed by atoms with Crippen molar-refractivity contribution in [2.45, 2.75) is 19.6 Å². The molecule has 0 bridgehead atoms. The number of phosphoric ester groups is 1. The summed E-state index contributed by atoms with van der Waals surface area (Å²) in [6.07, 6.45) is -7.55. The highest BCUT2D eigenvalue weighted by molar-refractivity contribution is 7.46. The molecule has 0 rings (SSSR count). The Bertz CT molecular complexity index is 356. The molecule has 0 spiro atoms. The van der Waals surface area contributed by atoms with E-state index in [1.54, 1.807) is 0 Å². The molecule has 0 aromatic rings. The van der Waals surface area contributed by atoms with E-state index in [2.05, 4.69) is 4.52 Å². The molecule has 0 aromatic heterocycles. The smallest absolute Gasteiger partial charge is 0.303 e. The maximum atomic E-state index is 10.5. The quantitative estimate of drug-likeness (QED) is 0.604. The van der Waals surface area contributed by atoms with Crippen molar-refractivity contribution in [3.05, 3.63) is 0 Å². The predicted octanol–water partition coefficient (Wildman–Crippen LogP) is 0.896. The van der Waals surface area contributed by atoms with Gasteiger partial charge in [-0.15, -0.1) is 0 Å². The van der Waals surface area contributed by atoms with Gasteiger partial charge in [-0.3, -0.25) is 4.52 Å². The second kappa shape index (κ2) is 4.01. The molecule has 0 aliphatic rings. The highest BCUT2D eigenvalue weighted by Crippen LogP contribution is 2.35. The Kier molecular flexibility index (Phi) is 0.912. The van der Waals surface area contributed by atoms with Gasteiger partial charge in [0.25, 0.3) is 0 Å². The normalized spacial score (nSPS) is 32.9. The zero-order valence-electron chi connectivity index (χ0n) is 13.2. The molecule has 0 heterocycles. The van der Waals surface area contributed by atoms with Crippen LogP contribution in [0.15, 0.2) is 0 Å². The first kappa shape index (κ1) is 2.05. The third-order valence-electron chi connectivity index (χ3n) is 0.278. The lowest BCUT2D eigenvalue weighted by Gasteiger charge is -2.02. The van der Waals surface area contributed by atoms with Crippen molar-refractivity contribution in [2.24, 2.45) is 0 Å². The summed E-state index contributed by atoms with van der Waals surface area (Å²) in [5.74, 6) is 0. The Hall–Kier alpha value is 0.110. The summed E-state index contributed by atoms with van der Waals surface area (Å²) in [4.78, 5) is 16.8. The van der Waals surface area contributed by atoms with Crippen molar-refractivity contribution in [3.63, 3.8) is 0 Å². The van der Waals surface area contributed by atoms with E-state index in [0.29, 0.717) is 0 Å². The van der Waals surface area contributed by atoms with Crippen LogP contribution in [0.5, 0.6) is 0 Å². The average Bonchev–Trinajstić information content (AvgIpc) is 1.95. The van der Waals surface area contributed by atoms with Gasteiger partial charge in [0, 0.05) is 9.60 Å². The molecule has 0 unspecified atom stereocenters. The maximum absolute atomic E-state index is 10.5. The first-order valence-electron chi connectivity index (χ1n) is 6.22. The van der Waals surface area contributed by atoms with E-state index in [4.69, 9.17) is 22.1 Å². The summed E-state index contributed by atoms with van der Waals surface area (Å²) >= 11 is 0. The molecule has 0 aliphatic heterocycles. The summed E-state index contributed by atoms with van der Waals surface area (Å²) < 4.78 is 76.9. The zero-order valence-corrected chi connectivity index (χ0v) is 5.05. The Morgan fingerprint density at radius 3 is 3.00 bits per heavy atom. The van der Waals surface area contributed by atoms with Crippen LogP contribution in [0.4, 0.5) is 0 Å². The molecule has 0 saturated carbocycles. The van der Waals surface area contributed by atoms with Gasteiger partial charge in [-0.05, 0) is 6.37 Å². The van der Waals surface area contributed by atoms with Crippen molar-refractivity contribution in [2.75, 3.05) is 6.56 Å². The van der Waals surface area contributed by atoms with Gasteiger partial charge in [0.15, 0.2) is 0 Å². The zero-order chi connectivity index (χ0) is 15.2. The highest BCUT2D eigenvalue weighted by atomic mass is 31.2. The molecule has 56 valence electrons. The molecule has 0 atom stereocenters. The van der Waals surface area contributed by atoms with Crippen LogP contribution >= 0.6 is 7.82 Å². The lowest BCUT2D eigenvalue weighted by molar-refractivity contribution is 0.194. The minimum Gasteiger partial charge on any atom is -0.303 e. The average molecular weight is 163 g/mol. The molecule has 5 heteroatoms. The third-order valence-corrected chi connectivity index (χ3v) is 0.607. The lowest BCUT2D eigenvalue weighted by atomic mass is 10.4. The van der Waals surface area contributed by atoms with Gasteiger partial charge < -0.3 is 9.79 Å². The maximum Gasteiger partial charge on any atom is 0.469 e. The van der Waals surface area contributed by atoms with Crippen LogP contribution in [-0.2, 0) is 9.09 Å².